The third-order valence-electron chi connectivity index (χ3n) is 7.59. The summed E-state index contributed by atoms with van der Waals surface area (Å²) < 4.78 is 105. The van der Waals surface area contributed by atoms with E-state index in [1.807, 2.05) is 26.0 Å². The van der Waals surface area contributed by atoms with Crippen LogP contribution in [-0.4, -0.2) is 59.4 Å². The average Bonchev–Trinajstić information content (AvgIpc) is 3.56. The number of halogens is 6. The highest BCUT2D eigenvalue weighted by Crippen LogP contribution is 2.35. The Balaban J connectivity index is 0.000000195. The van der Waals surface area contributed by atoms with Crippen molar-refractivity contribution in [2.45, 2.75) is 49.8 Å². The van der Waals surface area contributed by atoms with E-state index in [1.54, 1.807) is 49.5 Å². The molecule has 0 unspecified atom stereocenters. The summed E-state index contributed by atoms with van der Waals surface area (Å²) in [5, 5.41) is 13.8. The maximum atomic E-state index is 12.8. The van der Waals surface area contributed by atoms with Gasteiger partial charge >= 0.3 is 12.4 Å². The average molecular weight is 737 g/mol. The van der Waals surface area contributed by atoms with E-state index in [-0.39, 0.29) is 33.2 Å². The zero-order valence-electron chi connectivity index (χ0n) is 27.5. The summed E-state index contributed by atoms with van der Waals surface area (Å²) in [5.74, 6) is 1.57. The van der Waals surface area contributed by atoms with Gasteiger partial charge in [0.25, 0.3) is 0 Å². The first-order valence-corrected chi connectivity index (χ1v) is 17.6. The van der Waals surface area contributed by atoms with Gasteiger partial charge in [0.15, 0.2) is 32.5 Å². The zero-order chi connectivity index (χ0) is 36.8. The summed E-state index contributed by atoms with van der Waals surface area (Å²) in [4.78, 5) is 9.69. The van der Waals surface area contributed by atoms with E-state index < -0.39 is 33.6 Å². The van der Waals surface area contributed by atoms with Gasteiger partial charge in [-0.1, -0.05) is 26.0 Å². The molecule has 0 saturated heterocycles. The van der Waals surface area contributed by atoms with E-state index in [0.717, 1.165) is 39.5 Å². The molecule has 0 fully saturated rings. The van der Waals surface area contributed by atoms with Crippen LogP contribution in [0.4, 0.5) is 26.3 Å². The first-order chi connectivity index (χ1) is 23.3. The van der Waals surface area contributed by atoms with Gasteiger partial charge in [0.2, 0.25) is 0 Å². The molecule has 264 valence electrons. The van der Waals surface area contributed by atoms with Crippen LogP contribution in [0.1, 0.15) is 36.4 Å². The van der Waals surface area contributed by atoms with Gasteiger partial charge in [0.05, 0.1) is 10.6 Å². The smallest absolute Gasteiger partial charge is 0.310 e. The number of alkyl halides is 6. The van der Waals surface area contributed by atoms with Crippen molar-refractivity contribution in [3.63, 3.8) is 0 Å². The van der Waals surface area contributed by atoms with Crippen LogP contribution in [0.5, 0.6) is 0 Å². The van der Waals surface area contributed by atoms with Crippen LogP contribution in [0, 0.1) is 13.8 Å². The number of thioether (sulfide) groups is 1. The number of nitrogens with zero attached hydrogens (tertiary/aromatic N) is 8. The van der Waals surface area contributed by atoms with E-state index in [1.165, 1.54) is 17.6 Å². The van der Waals surface area contributed by atoms with Gasteiger partial charge in [0.1, 0.15) is 22.7 Å². The normalized spacial score (nSPS) is 12.4. The minimum atomic E-state index is -4.64. The topological polar surface area (TPSA) is 121 Å². The van der Waals surface area contributed by atoms with Gasteiger partial charge < -0.3 is 9.13 Å². The molecule has 50 heavy (non-hydrogen) atoms. The lowest BCUT2D eigenvalue weighted by atomic mass is 10.1. The van der Waals surface area contributed by atoms with Crippen LogP contribution < -0.4 is 0 Å². The summed E-state index contributed by atoms with van der Waals surface area (Å²) in [6.45, 7) is 7.33. The molecule has 0 atom stereocenters. The number of hydrogen-bond acceptors (Lipinski definition) is 9. The van der Waals surface area contributed by atoms with Gasteiger partial charge in [-0.15, -0.1) is 32.2 Å². The molecule has 0 N–H and O–H groups in total. The Kier molecular flexibility index (Phi) is 9.99. The number of sulfone groups is 1. The zero-order valence-corrected chi connectivity index (χ0v) is 29.1. The fraction of sp³-hybridized carbons (Fsp3) is 0.312. The molecule has 18 heteroatoms. The number of fused-ring (bicyclic) bond motifs is 2. The number of aryl methyl sites for hydroxylation is 4. The lowest BCUT2D eigenvalue weighted by molar-refractivity contribution is -0.142. The summed E-state index contributed by atoms with van der Waals surface area (Å²) in [7, 11) is -0.275. The van der Waals surface area contributed by atoms with E-state index in [9.17, 15) is 34.8 Å². The molecule has 0 radical (unpaired) electrons. The molecule has 0 saturated carbocycles. The number of imidazole rings is 2. The summed E-state index contributed by atoms with van der Waals surface area (Å²) >= 11 is 1.67. The lowest BCUT2D eigenvalue weighted by Crippen LogP contribution is -2.09. The van der Waals surface area contributed by atoms with Crippen molar-refractivity contribution < 1.29 is 34.8 Å². The van der Waals surface area contributed by atoms with Crippen molar-refractivity contribution in [1.29, 1.82) is 0 Å². The monoisotopic (exact) mass is 736 g/mol. The fourth-order valence-electron chi connectivity index (χ4n) is 5.05. The first kappa shape index (κ1) is 36.7. The maximum absolute atomic E-state index is 12.8. The number of hydrogen-bond donors (Lipinski definition) is 0. The molecular weight excluding hydrogens is 707 g/mol. The van der Waals surface area contributed by atoms with Crippen molar-refractivity contribution in [2.75, 3.05) is 11.5 Å². The molecule has 10 nitrogen and oxygen atoms in total. The van der Waals surface area contributed by atoms with Gasteiger partial charge in [0, 0.05) is 42.3 Å². The molecule has 6 rings (SSSR count). The molecule has 0 aliphatic carbocycles. The Labute approximate surface area is 286 Å². The Morgan fingerprint density at radius 1 is 0.680 bits per heavy atom. The second-order valence-corrected chi connectivity index (χ2v) is 14.7. The number of benzene rings is 2. The van der Waals surface area contributed by atoms with E-state index in [2.05, 4.69) is 36.4 Å². The quantitative estimate of drug-likeness (QED) is 0.126. The second-order valence-electron chi connectivity index (χ2n) is 11.2. The van der Waals surface area contributed by atoms with Crippen molar-refractivity contribution in [3.8, 4) is 22.8 Å². The third kappa shape index (κ3) is 7.31. The van der Waals surface area contributed by atoms with Crippen LogP contribution in [0.15, 0.2) is 58.3 Å². The maximum Gasteiger partial charge on any atom is 0.435 e. The minimum absolute atomic E-state index is 0.00903. The SMILES string of the molecule is CCS(=O)(=O)c1cc(C)ccc1-c1nc2cc(C(F)(F)F)nnc2n1C.CCSc1cc(C)ccc1-c1nc2cc(C(F)(F)F)nnc2n1C. The summed E-state index contributed by atoms with van der Waals surface area (Å²) in [5.41, 5.74) is 1.50. The molecule has 6 aromatic rings. The summed E-state index contributed by atoms with van der Waals surface area (Å²) in [6, 6.07) is 12.5. The van der Waals surface area contributed by atoms with Crippen molar-refractivity contribution in [2.24, 2.45) is 14.1 Å². The lowest BCUT2D eigenvalue weighted by Gasteiger charge is -2.10. The van der Waals surface area contributed by atoms with Gasteiger partial charge in [-0.05, 0) is 55.0 Å². The van der Waals surface area contributed by atoms with Crippen LogP contribution in [-0.2, 0) is 36.3 Å². The van der Waals surface area contributed by atoms with Crippen LogP contribution in [0.25, 0.3) is 45.1 Å². The molecule has 0 bridgehead atoms. The molecular formula is C32H30F6N8O2S2. The largest absolute Gasteiger partial charge is 0.435 e. The molecule has 0 aliphatic heterocycles. The number of rotatable bonds is 6. The van der Waals surface area contributed by atoms with Crippen LogP contribution >= 0.6 is 11.8 Å². The van der Waals surface area contributed by atoms with E-state index in [4.69, 9.17) is 0 Å². The van der Waals surface area contributed by atoms with E-state index >= 15 is 0 Å². The van der Waals surface area contributed by atoms with Crippen molar-refractivity contribution >= 4 is 43.9 Å². The molecule has 4 heterocycles. The fourth-order valence-corrected chi connectivity index (χ4v) is 7.11. The van der Waals surface area contributed by atoms with E-state index in [0.29, 0.717) is 17.0 Å². The molecule has 0 aliphatic rings. The summed E-state index contributed by atoms with van der Waals surface area (Å²) in [6.07, 6.45) is -9.18. The van der Waals surface area contributed by atoms with Gasteiger partial charge in [-0.25, -0.2) is 18.4 Å². The minimum Gasteiger partial charge on any atom is -0.310 e. The molecule has 2 aromatic carbocycles. The predicted molar refractivity (Wildman–Crippen MR) is 177 cm³/mol. The van der Waals surface area contributed by atoms with Gasteiger partial charge in [-0.2, -0.15) is 26.3 Å². The third-order valence-corrected chi connectivity index (χ3v) is 10.3. The standard InChI is InChI=1S/C16H15F3N4O2S.C16H15F3N4S/c1-4-26(24,25)12-7-9(2)5-6-10(12)14-20-11-8-13(16(17,18)19)21-22-15(11)23(14)3;1-4-24-12-7-9(2)5-6-10(12)14-20-11-8-13(16(17,18)19)21-22-15(11)23(14)3/h5-8H,4H2,1-3H3;5-8H,4H2,1-3H3. The molecule has 4 aromatic heterocycles. The van der Waals surface area contributed by atoms with Crippen molar-refractivity contribution in [1.82, 2.24) is 39.5 Å². The molecule has 0 spiro atoms. The van der Waals surface area contributed by atoms with Crippen LogP contribution in [0.3, 0.4) is 0 Å². The Morgan fingerprint density at radius 3 is 1.60 bits per heavy atom. The van der Waals surface area contributed by atoms with Gasteiger partial charge in [-0.3, -0.25) is 0 Å². The second kappa shape index (κ2) is 13.6. The van der Waals surface area contributed by atoms with Crippen molar-refractivity contribution in [3.05, 3.63) is 71.0 Å². The highest BCUT2D eigenvalue weighted by molar-refractivity contribution is 7.99. The predicted octanol–water partition coefficient (Wildman–Crippen LogP) is 7.62. The Hall–Kier alpha value is -4.58. The first-order valence-electron chi connectivity index (χ1n) is 15.0. The molecule has 0 amide bonds. The highest BCUT2D eigenvalue weighted by Gasteiger charge is 2.35. The van der Waals surface area contributed by atoms with Crippen LogP contribution in [0.2, 0.25) is 0 Å². The number of aromatic nitrogens is 8. The highest BCUT2D eigenvalue weighted by atomic mass is 32.2. The Morgan fingerprint density at radius 2 is 1.14 bits per heavy atom. The Bertz CT molecular complexity index is 2330.